The third-order valence-corrected chi connectivity index (χ3v) is 4.29. The molecule has 1 saturated heterocycles. The fourth-order valence-electron chi connectivity index (χ4n) is 2.97. The fourth-order valence-corrected chi connectivity index (χ4v) is 2.97. The molecule has 0 radical (unpaired) electrons. The number of aromatic nitrogens is 2. The lowest BCUT2D eigenvalue weighted by Crippen LogP contribution is -2.36. The number of piperidine rings is 1. The summed E-state index contributed by atoms with van der Waals surface area (Å²) in [5.74, 6) is 2.13. The fraction of sp³-hybridized carbons (Fsp3) is 0.389. The Balaban J connectivity index is 1.80. The number of carbonyl (C=O) groups excluding carboxylic acids is 1. The SMILES string of the molecule is COc1ccccc1Oc1nccnc1C1CCN(C(C)=O)CC1. The highest BCUT2D eigenvalue weighted by atomic mass is 16.5. The minimum absolute atomic E-state index is 0.123. The molecule has 126 valence electrons. The van der Waals surface area contributed by atoms with Crippen molar-refractivity contribution in [1.29, 1.82) is 0 Å². The number of nitrogens with zero attached hydrogens (tertiary/aromatic N) is 3. The predicted octanol–water partition coefficient (Wildman–Crippen LogP) is 3.00. The minimum atomic E-state index is 0.123. The molecule has 2 heterocycles. The van der Waals surface area contributed by atoms with Crippen molar-refractivity contribution in [1.82, 2.24) is 14.9 Å². The van der Waals surface area contributed by atoms with E-state index in [1.165, 1.54) is 0 Å². The van der Waals surface area contributed by atoms with Crippen LogP contribution in [0.3, 0.4) is 0 Å². The van der Waals surface area contributed by atoms with Gasteiger partial charge in [0.15, 0.2) is 11.5 Å². The average molecular weight is 327 g/mol. The predicted molar refractivity (Wildman–Crippen MR) is 89.3 cm³/mol. The van der Waals surface area contributed by atoms with E-state index in [0.717, 1.165) is 31.6 Å². The first kappa shape index (κ1) is 16.2. The second-order valence-electron chi connectivity index (χ2n) is 5.78. The van der Waals surface area contributed by atoms with Gasteiger partial charge in [0.2, 0.25) is 11.8 Å². The molecule has 1 fully saturated rings. The Kier molecular flexibility index (Phi) is 4.93. The summed E-state index contributed by atoms with van der Waals surface area (Å²) in [7, 11) is 1.61. The molecule has 0 unspecified atom stereocenters. The number of likely N-dealkylation sites (tertiary alicyclic amines) is 1. The van der Waals surface area contributed by atoms with Crippen molar-refractivity contribution in [2.24, 2.45) is 0 Å². The number of para-hydroxylation sites is 2. The molecule has 0 aliphatic carbocycles. The van der Waals surface area contributed by atoms with E-state index < -0.39 is 0 Å². The van der Waals surface area contributed by atoms with Gasteiger partial charge in [-0.25, -0.2) is 4.98 Å². The van der Waals surface area contributed by atoms with Crippen LogP contribution >= 0.6 is 0 Å². The molecule has 0 bridgehead atoms. The Bertz CT molecular complexity index is 712. The summed E-state index contributed by atoms with van der Waals surface area (Å²) in [6.45, 7) is 3.09. The highest BCUT2D eigenvalue weighted by Crippen LogP contribution is 2.36. The second kappa shape index (κ2) is 7.29. The summed E-state index contributed by atoms with van der Waals surface area (Å²) in [6, 6.07) is 7.46. The molecule has 1 aliphatic heterocycles. The molecule has 1 aliphatic rings. The number of carbonyl (C=O) groups is 1. The number of amides is 1. The number of rotatable bonds is 4. The summed E-state index contributed by atoms with van der Waals surface area (Å²) in [6.07, 6.45) is 5.03. The van der Waals surface area contributed by atoms with Gasteiger partial charge in [-0.15, -0.1) is 0 Å². The summed E-state index contributed by atoms with van der Waals surface area (Å²) in [5, 5.41) is 0. The topological polar surface area (TPSA) is 64.6 Å². The zero-order valence-corrected chi connectivity index (χ0v) is 13.9. The van der Waals surface area contributed by atoms with Crippen LogP contribution in [0.5, 0.6) is 17.4 Å². The van der Waals surface area contributed by atoms with Gasteiger partial charge in [0, 0.05) is 38.3 Å². The summed E-state index contributed by atoms with van der Waals surface area (Å²) < 4.78 is 11.3. The summed E-state index contributed by atoms with van der Waals surface area (Å²) in [4.78, 5) is 22.2. The van der Waals surface area contributed by atoms with Gasteiger partial charge in [-0.1, -0.05) is 12.1 Å². The number of hydrogen-bond acceptors (Lipinski definition) is 5. The number of ether oxygens (including phenoxy) is 2. The molecule has 1 aromatic heterocycles. The Labute approximate surface area is 141 Å². The molecule has 1 amide bonds. The third-order valence-electron chi connectivity index (χ3n) is 4.29. The highest BCUT2D eigenvalue weighted by molar-refractivity contribution is 5.73. The average Bonchev–Trinajstić information content (AvgIpc) is 2.63. The molecule has 3 rings (SSSR count). The van der Waals surface area contributed by atoms with E-state index in [4.69, 9.17) is 9.47 Å². The van der Waals surface area contributed by atoms with Crippen molar-refractivity contribution in [3.05, 3.63) is 42.4 Å². The maximum atomic E-state index is 11.5. The van der Waals surface area contributed by atoms with E-state index in [1.807, 2.05) is 29.2 Å². The van der Waals surface area contributed by atoms with Crippen molar-refractivity contribution in [3.63, 3.8) is 0 Å². The van der Waals surface area contributed by atoms with E-state index in [2.05, 4.69) is 9.97 Å². The van der Waals surface area contributed by atoms with Crippen LogP contribution in [0.1, 0.15) is 31.4 Å². The van der Waals surface area contributed by atoms with Crippen LogP contribution in [-0.2, 0) is 4.79 Å². The molecule has 6 heteroatoms. The maximum Gasteiger partial charge on any atom is 0.241 e. The van der Waals surface area contributed by atoms with Gasteiger partial charge in [-0.3, -0.25) is 9.78 Å². The molecule has 2 aromatic rings. The standard InChI is InChI=1S/C18H21N3O3/c1-13(22)21-11-7-14(8-12-21)17-18(20-10-9-19-17)24-16-6-4-3-5-15(16)23-2/h3-6,9-10,14H,7-8,11-12H2,1-2H3. The van der Waals surface area contributed by atoms with Crippen molar-refractivity contribution >= 4 is 5.91 Å². The maximum absolute atomic E-state index is 11.5. The number of hydrogen-bond donors (Lipinski definition) is 0. The minimum Gasteiger partial charge on any atom is -0.493 e. The normalized spacial score (nSPS) is 15.2. The van der Waals surface area contributed by atoms with Crippen LogP contribution in [0, 0.1) is 0 Å². The van der Waals surface area contributed by atoms with Crippen LogP contribution in [0.25, 0.3) is 0 Å². The summed E-state index contributed by atoms with van der Waals surface area (Å²) in [5.41, 5.74) is 0.839. The van der Waals surface area contributed by atoms with Crippen LogP contribution in [0.2, 0.25) is 0 Å². The molecule has 6 nitrogen and oxygen atoms in total. The molecule has 0 saturated carbocycles. The van der Waals surface area contributed by atoms with Gasteiger partial charge >= 0.3 is 0 Å². The number of benzene rings is 1. The molecular weight excluding hydrogens is 306 g/mol. The summed E-state index contributed by atoms with van der Waals surface area (Å²) >= 11 is 0. The van der Waals surface area contributed by atoms with E-state index in [0.29, 0.717) is 17.4 Å². The first-order valence-electron chi connectivity index (χ1n) is 8.06. The van der Waals surface area contributed by atoms with E-state index >= 15 is 0 Å². The Hall–Kier alpha value is -2.63. The molecule has 0 spiro atoms. The Morgan fingerprint density at radius 1 is 1.12 bits per heavy atom. The lowest BCUT2D eigenvalue weighted by atomic mass is 9.93. The first-order valence-corrected chi connectivity index (χ1v) is 8.06. The largest absolute Gasteiger partial charge is 0.493 e. The van der Waals surface area contributed by atoms with E-state index in [9.17, 15) is 4.79 Å². The monoisotopic (exact) mass is 327 g/mol. The van der Waals surface area contributed by atoms with Crippen LogP contribution < -0.4 is 9.47 Å². The first-order chi connectivity index (χ1) is 11.7. The lowest BCUT2D eigenvalue weighted by Gasteiger charge is -2.31. The molecular formula is C18H21N3O3. The lowest BCUT2D eigenvalue weighted by molar-refractivity contribution is -0.129. The third kappa shape index (κ3) is 3.48. The zero-order chi connectivity index (χ0) is 16.9. The van der Waals surface area contributed by atoms with Crippen molar-refractivity contribution in [2.75, 3.05) is 20.2 Å². The van der Waals surface area contributed by atoms with Gasteiger partial charge in [0.25, 0.3) is 0 Å². The van der Waals surface area contributed by atoms with Crippen LogP contribution in [0.15, 0.2) is 36.7 Å². The van der Waals surface area contributed by atoms with Crippen molar-refractivity contribution < 1.29 is 14.3 Å². The zero-order valence-electron chi connectivity index (χ0n) is 13.9. The molecule has 0 N–H and O–H groups in total. The Morgan fingerprint density at radius 3 is 2.46 bits per heavy atom. The van der Waals surface area contributed by atoms with Crippen molar-refractivity contribution in [3.8, 4) is 17.4 Å². The second-order valence-corrected chi connectivity index (χ2v) is 5.78. The van der Waals surface area contributed by atoms with Gasteiger partial charge in [-0.2, -0.15) is 0 Å². The smallest absolute Gasteiger partial charge is 0.241 e. The van der Waals surface area contributed by atoms with Gasteiger partial charge in [0.1, 0.15) is 5.69 Å². The van der Waals surface area contributed by atoms with Crippen LogP contribution in [0.4, 0.5) is 0 Å². The van der Waals surface area contributed by atoms with Gasteiger partial charge < -0.3 is 14.4 Å². The molecule has 0 atom stereocenters. The quantitative estimate of drug-likeness (QED) is 0.864. The van der Waals surface area contributed by atoms with Crippen LogP contribution in [-0.4, -0.2) is 41.0 Å². The number of methoxy groups -OCH3 is 1. The van der Waals surface area contributed by atoms with E-state index in [1.54, 1.807) is 26.4 Å². The molecule has 1 aromatic carbocycles. The van der Waals surface area contributed by atoms with Crippen molar-refractivity contribution in [2.45, 2.75) is 25.7 Å². The highest BCUT2D eigenvalue weighted by Gasteiger charge is 2.26. The Morgan fingerprint density at radius 2 is 1.79 bits per heavy atom. The van der Waals surface area contributed by atoms with Gasteiger partial charge in [-0.05, 0) is 25.0 Å². The molecule has 24 heavy (non-hydrogen) atoms. The van der Waals surface area contributed by atoms with Gasteiger partial charge in [0.05, 0.1) is 7.11 Å². The van der Waals surface area contributed by atoms with E-state index in [-0.39, 0.29) is 11.8 Å².